The molecule has 1 aromatic heterocycles. The topological polar surface area (TPSA) is 110 Å². The molecular formula is C22H25BrN6O3. The Labute approximate surface area is 193 Å². The SMILES string of the molecule is CCCCCn1nc(-c2ccccc2)n(CC(=O)NNC(=O)Nc2ccc(Br)cc2)c1=O. The molecule has 0 bridgehead atoms. The highest BCUT2D eigenvalue weighted by Crippen LogP contribution is 2.15. The Kier molecular flexibility index (Phi) is 8.20. The number of aryl methyl sites for hydroxylation is 1. The molecule has 0 atom stereocenters. The van der Waals surface area contributed by atoms with Crippen LogP contribution in [0.15, 0.2) is 63.9 Å². The number of hydrogen-bond donors (Lipinski definition) is 3. The van der Waals surface area contributed by atoms with Crippen LogP contribution in [-0.2, 0) is 17.9 Å². The number of urea groups is 1. The van der Waals surface area contributed by atoms with Crippen molar-refractivity contribution in [1.29, 1.82) is 0 Å². The van der Waals surface area contributed by atoms with Crippen LogP contribution >= 0.6 is 15.9 Å². The third-order valence-electron chi connectivity index (χ3n) is 4.65. The van der Waals surface area contributed by atoms with E-state index in [2.05, 4.69) is 44.1 Å². The fraction of sp³-hybridized carbons (Fsp3) is 0.273. The second-order valence-corrected chi connectivity index (χ2v) is 8.04. The number of benzene rings is 2. The molecule has 9 nitrogen and oxygen atoms in total. The first kappa shape index (κ1) is 23.3. The summed E-state index contributed by atoms with van der Waals surface area (Å²) in [5.41, 5.74) is 5.54. The van der Waals surface area contributed by atoms with Crippen LogP contribution in [0.5, 0.6) is 0 Å². The van der Waals surface area contributed by atoms with Gasteiger partial charge in [-0.15, -0.1) is 5.10 Å². The average Bonchev–Trinajstić information content (AvgIpc) is 3.10. The molecule has 0 aliphatic rings. The van der Waals surface area contributed by atoms with Crippen molar-refractivity contribution in [2.75, 3.05) is 5.32 Å². The minimum atomic E-state index is -0.605. The first-order chi connectivity index (χ1) is 15.5. The highest BCUT2D eigenvalue weighted by atomic mass is 79.9. The van der Waals surface area contributed by atoms with Gasteiger partial charge in [0.25, 0.3) is 5.91 Å². The van der Waals surface area contributed by atoms with E-state index in [1.807, 2.05) is 30.3 Å². The number of hydrogen-bond acceptors (Lipinski definition) is 4. The monoisotopic (exact) mass is 500 g/mol. The van der Waals surface area contributed by atoms with Gasteiger partial charge in [0.05, 0.1) is 0 Å². The maximum Gasteiger partial charge on any atom is 0.346 e. The lowest BCUT2D eigenvalue weighted by molar-refractivity contribution is -0.122. The number of rotatable bonds is 8. The summed E-state index contributed by atoms with van der Waals surface area (Å²) in [6.45, 7) is 2.28. The van der Waals surface area contributed by atoms with E-state index in [1.54, 1.807) is 24.3 Å². The minimum absolute atomic E-state index is 0.282. The molecule has 168 valence electrons. The number of aromatic nitrogens is 3. The Balaban J connectivity index is 1.68. The molecule has 0 fully saturated rings. The predicted octanol–water partition coefficient (Wildman–Crippen LogP) is 3.52. The molecule has 0 saturated carbocycles. The van der Waals surface area contributed by atoms with Gasteiger partial charge in [0.1, 0.15) is 6.54 Å². The van der Waals surface area contributed by atoms with E-state index in [4.69, 9.17) is 0 Å². The smallest absolute Gasteiger partial charge is 0.307 e. The summed E-state index contributed by atoms with van der Waals surface area (Å²) in [7, 11) is 0. The highest BCUT2D eigenvalue weighted by Gasteiger charge is 2.17. The number of nitrogens with one attached hydrogen (secondary N) is 3. The first-order valence-corrected chi connectivity index (χ1v) is 11.1. The van der Waals surface area contributed by atoms with Crippen molar-refractivity contribution >= 4 is 33.6 Å². The fourth-order valence-electron chi connectivity index (χ4n) is 3.05. The summed E-state index contributed by atoms with van der Waals surface area (Å²) in [5, 5.41) is 7.05. The van der Waals surface area contributed by atoms with E-state index in [9.17, 15) is 14.4 Å². The molecular weight excluding hydrogens is 476 g/mol. The van der Waals surface area contributed by atoms with Gasteiger partial charge in [0.2, 0.25) is 0 Å². The number of hydrazine groups is 1. The maximum atomic E-state index is 12.9. The van der Waals surface area contributed by atoms with Gasteiger partial charge < -0.3 is 5.32 Å². The van der Waals surface area contributed by atoms with Crippen LogP contribution in [0.2, 0.25) is 0 Å². The van der Waals surface area contributed by atoms with E-state index in [0.717, 1.165) is 29.3 Å². The predicted molar refractivity (Wildman–Crippen MR) is 126 cm³/mol. The van der Waals surface area contributed by atoms with Crippen molar-refractivity contribution in [3.63, 3.8) is 0 Å². The molecule has 0 aliphatic heterocycles. The van der Waals surface area contributed by atoms with Crippen molar-refractivity contribution in [3.8, 4) is 11.4 Å². The van der Waals surface area contributed by atoms with Gasteiger partial charge in [-0.3, -0.25) is 14.8 Å². The molecule has 32 heavy (non-hydrogen) atoms. The molecule has 1 heterocycles. The molecule has 3 amide bonds. The van der Waals surface area contributed by atoms with Crippen LogP contribution < -0.4 is 21.9 Å². The molecule has 3 N–H and O–H groups in total. The number of nitrogens with zero attached hydrogens (tertiary/aromatic N) is 3. The van der Waals surface area contributed by atoms with Crippen molar-refractivity contribution in [1.82, 2.24) is 25.2 Å². The largest absolute Gasteiger partial charge is 0.346 e. The van der Waals surface area contributed by atoms with Crippen LogP contribution in [0.4, 0.5) is 10.5 Å². The quantitative estimate of drug-likeness (QED) is 0.324. The second-order valence-electron chi connectivity index (χ2n) is 7.12. The number of anilines is 1. The van der Waals surface area contributed by atoms with Crippen LogP contribution in [0.1, 0.15) is 26.2 Å². The van der Waals surface area contributed by atoms with E-state index in [1.165, 1.54) is 9.25 Å². The zero-order valence-electron chi connectivity index (χ0n) is 17.7. The summed E-state index contributed by atoms with van der Waals surface area (Å²) in [5.74, 6) is -0.148. The Morgan fingerprint density at radius 2 is 1.72 bits per heavy atom. The minimum Gasteiger partial charge on any atom is -0.307 e. The molecule has 2 aromatic carbocycles. The van der Waals surface area contributed by atoms with Crippen molar-refractivity contribution < 1.29 is 9.59 Å². The van der Waals surface area contributed by atoms with E-state index >= 15 is 0 Å². The molecule has 0 unspecified atom stereocenters. The normalized spacial score (nSPS) is 10.6. The third-order valence-corrected chi connectivity index (χ3v) is 5.18. The lowest BCUT2D eigenvalue weighted by atomic mass is 10.2. The summed E-state index contributed by atoms with van der Waals surface area (Å²) in [6.07, 6.45) is 2.83. The third kappa shape index (κ3) is 6.30. The standard InChI is InChI=1S/C22H25BrN6O3/c1-2-3-7-14-29-22(32)28(20(27-29)16-8-5-4-6-9-16)15-19(30)25-26-21(31)24-18-12-10-17(23)11-13-18/h4-6,8-13H,2-3,7,14-15H2,1H3,(H,25,30)(H2,24,26,31). The first-order valence-electron chi connectivity index (χ1n) is 10.3. The van der Waals surface area contributed by atoms with E-state index in [-0.39, 0.29) is 12.2 Å². The van der Waals surface area contributed by atoms with Gasteiger partial charge in [-0.25, -0.2) is 19.7 Å². The molecule has 0 radical (unpaired) electrons. The van der Waals surface area contributed by atoms with Crippen molar-refractivity contribution in [3.05, 3.63) is 69.6 Å². The number of carbonyl (C=O) groups excluding carboxylic acids is 2. The lowest BCUT2D eigenvalue weighted by Crippen LogP contribution is -2.46. The summed E-state index contributed by atoms with van der Waals surface area (Å²) in [4.78, 5) is 37.4. The molecule has 0 aliphatic carbocycles. The van der Waals surface area contributed by atoms with Gasteiger partial charge >= 0.3 is 11.7 Å². The molecule has 0 spiro atoms. The number of carbonyl (C=O) groups is 2. The Morgan fingerprint density at radius 1 is 1.00 bits per heavy atom. The van der Waals surface area contributed by atoms with E-state index in [0.29, 0.717) is 18.1 Å². The molecule has 0 saturated heterocycles. The highest BCUT2D eigenvalue weighted by molar-refractivity contribution is 9.10. The average molecular weight is 501 g/mol. The Morgan fingerprint density at radius 3 is 2.41 bits per heavy atom. The number of amides is 3. The van der Waals surface area contributed by atoms with Gasteiger partial charge in [-0.2, -0.15) is 0 Å². The zero-order chi connectivity index (χ0) is 22.9. The number of unbranched alkanes of at least 4 members (excludes halogenated alkanes) is 2. The zero-order valence-corrected chi connectivity index (χ0v) is 19.3. The van der Waals surface area contributed by atoms with Crippen LogP contribution in [0.3, 0.4) is 0 Å². The molecule has 3 rings (SSSR count). The van der Waals surface area contributed by atoms with Gasteiger partial charge in [0, 0.05) is 22.3 Å². The van der Waals surface area contributed by atoms with Crippen LogP contribution in [0, 0.1) is 0 Å². The van der Waals surface area contributed by atoms with Crippen LogP contribution in [-0.4, -0.2) is 26.3 Å². The van der Waals surface area contributed by atoms with Crippen molar-refractivity contribution in [2.24, 2.45) is 0 Å². The maximum absolute atomic E-state index is 12.9. The van der Waals surface area contributed by atoms with Gasteiger partial charge in [-0.1, -0.05) is 66.0 Å². The number of halogens is 1. The molecule has 3 aromatic rings. The summed E-state index contributed by atoms with van der Waals surface area (Å²) in [6, 6.07) is 15.6. The second kappa shape index (κ2) is 11.3. The Bertz CT molecular complexity index is 1110. The summed E-state index contributed by atoms with van der Waals surface area (Å²) >= 11 is 3.32. The fourth-order valence-corrected chi connectivity index (χ4v) is 3.31. The molecule has 10 heteroatoms. The Hall–Kier alpha value is -3.40. The van der Waals surface area contributed by atoms with Crippen molar-refractivity contribution in [2.45, 2.75) is 39.3 Å². The van der Waals surface area contributed by atoms with Crippen LogP contribution in [0.25, 0.3) is 11.4 Å². The van der Waals surface area contributed by atoms with E-state index < -0.39 is 11.9 Å². The van der Waals surface area contributed by atoms with Gasteiger partial charge in [-0.05, 0) is 30.7 Å². The lowest BCUT2D eigenvalue weighted by Gasteiger charge is -2.10. The van der Waals surface area contributed by atoms with Gasteiger partial charge in [0.15, 0.2) is 5.82 Å². The summed E-state index contributed by atoms with van der Waals surface area (Å²) < 4.78 is 3.58.